The normalized spacial score (nSPS) is 11.2. The van der Waals surface area contributed by atoms with Gasteiger partial charge in [0.05, 0.1) is 13.2 Å². The molecule has 0 bridgehead atoms. The van der Waals surface area contributed by atoms with Crippen molar-refractivity contribution in [2.45, 2.75) is 26.4 Å². The van der Waals surface area contributed by atoms with Crippen LogP contribution in [0.3, 0.4) is 0 Å². The van der Waals surface area contributed by atoms with Crippen molar-refractivity contribution in [3.05, 3.63) is 36.0 Å². The zero-order chi connectivity index (χ0) is 17.6. The summed E-state index contributed by atoms with van der Waals surface area (Å²) in [6, 6.07) is 6.97. The maximum absolute atomic E-state index is 12.9. The first-order chi connectivity index (χ1) is 11.4. The van der Waals surface area contributed by atoms with Crippen LogP contribution in [0.1, 0.15) is 25.8 Å². The van der Waals surface area contributed by atoms with Gasteiger partial charge in [-0.15, -0.1) is 0 Å². The van der Waals surface area contributed by atoms with E-state index in [2.05, 4.69) is 15.3 Å². The Morgan fingerprint density at radius 2 is 1.79 bits per heavy atom. The standard InChI is InChI=1S/C16H18F3N3O2/c1-3-9-24-12-7-5-11(6-8-12)21-15-20-10-13(16(17,18)19)14(22-15)23-4-2/h5-8,10H,3-4,9H2,1-2H3,(H,20,21,22). The minimum atomic E-state index is -4.57. The van der Waals surface area contributed by atoms with Gasteiger partial charge in [0.1, 0.15) is 11.3 Å². The molecule has 0 saturated carbocycles. The van der Waals surface area contributed by atoms with Gasteiger partial charge in [0, 0.05) is 11.9 Å². The molecule has 0 unspecified atom stereocenters. The second kappa shape index (κ2) is 7.85. The fraction of sp³-hybridized carbons (Fsp3) is 0.375. The maximum atomic E-state index is 12.9. The van der Waals surface area contributed by atoms with Crippen molar-refractivity contribution in [3.63, 3.8) is 0 Å². The van der Waals surface area contributed by atoms with Gasteiger partial charge < -0.3 is 14.8 Å². The molecule has 1 N–H and O–H groups in total. The highest BCUT2D eigenvalue weighted by molar-refractivity contribution is 5.55. The molecule has 1 aromatic heterocycles. The molecule has 0 aliphatic carbocycles. The summed E-state index contributed by atoms with van der Waals surface area (Å²) in [6.07, 6.45) is -2.96. The predicted molar refractivity (Wildman–Crippen MR) is 83.7 cm³/mol. The number of nitrogens with zero attached hydrogens (tertiary/aromatic N) is 2. The Hall–Kier alpha value is -2.51. The van der Waals surface area contributed by atoms with Crippen LogP contribution in [0.4, 0.5) is 24.8 Å². The number of hydrogen-bond donors (Lipinski definition) is 1. The third-order valence-corrected chi connectivity index (χ3v) is 2.92. The van der Waals surface area contributed by atoms with Crippen LogP contribution >= 0.6 is 0 Å². The van der Waals surface area contributed by atoms with Crippen LogP contribution in [0.2, 0.25) is 0 Å². The summed E-state index contributed by atoms with van der Waals surface area (Å²) in [4.78, 5) is 7.50. The smallest absolute Gasteiger partial charge is 0.423 e. The van der Waals surface area contributed by atoms with E-state index in [-0.39, 0.29) is 12.6 Å². The summed E-state index contributed by atoms with van der Waals surface area (Å²) >= 11 is 0. The highest BCUT2D eigenvalue weighted by Crippen LogP contribution is 2.35. The van der Waals surface area contributed by atoms with E-state index in [0.29, 0.717) is 24.2 Å². The maximum Gasteiger partial charge on any atom is 0.423 e. The van der Waals surface area contributed by atoms with Gasteiger partial charge in [0.2, 0.25) is 11.8 Å². The minimum absolute atomic E-state index is 0.0219. The summed E-state index contributed by atoms with van der Waals surface area (Å²) in [5, 5.41) is 2.84. The third kappa shape index (κ3) is 4.74. The van der Waals surface area contributed by atoms with Crippen LogP contribution in [-0.4, -0.2) is 23.2 Å². The molecule has 24 heavy (non-hydrogen) atoms. The number of nitrogens with one attached hydrogen (secondary N) is 1. The first-order valence-corrected chi connectivity index (χ1v) is 7.51. The van der Waals surface area contributed by atoms with E-state index in [9.17, 15) is 13.2 Å². The number of alkyl halides is 3. The number of rotatable bonds is 7. The van der Waals surface area contributed by atoms with Crippen molar-refractivity contribution < 1.29 is 22.6 Å². The second-order valence-corrected chi connectivity index (χ2v) is 4.84. The zero-order valence-corrected chi connectivity index (χ0v) is 13.4. The Morgan fingerprint density at radius 1 is 1.08 bits per heavy atom. The van der Waals surface area contributed by atoms with Crippen molar-refractivity contribution in [3.8, 4) is 11.6 Å². The van der Waals surface area contributed by atoms with Crippen LogP contribution in [0.5, 0.6) is 11.6 Å². The number of halogens is 3. The van der Waals surface area contributed by atoms with Crippen LogP contribution in [0.15, 0.2) is 30.5 Å². The third-order valence-electron chi connectivity index (χ3n) is 2.92. The van der Waals surface area contributed by atoms with E-state index in [0.717, 1.165) is 6.42 Å². The largest absolute Gasteiger partial charge is 0.494 e. The second-order valence-electron chi connectivity index (χ2n) is 4.84. The Bertz CT molecular complexity index is 661. The van der Waals surface area contributed by atoms with Crippen molar-refractivity contribution in [1.29, 1.82) is 0 Å². The number of aromatic nitrogens is 2. The Kier molecular flexibility index (Phi) is 5.83. The molecular formula is C16H18F3N3O2. The highest BCUT2D eigenvalue weighted by atomic mass is 19.4. The van der Waals surface area contributed by atoms with Gasteiger partial charge in [-0.2, -0.15) is 18.2 Å². The molecule has 0 aliphatic heterocycles. The van der Waals surface area contributed by atoms with E-state index in [4.69, 9.17) is 9.47 Å². The van der Waals surface area contributed by atoms with Gasteiger partial charge in [-0.25, -0.2) is 4.98 Å². The number of ether oxygens (including phenoxy) is 2. The number of benzene rings is 1. The molecule has 0 fully saturated rings. The fourth-order valence-corrected chi connectivity index (χ4v) is 1.85. The van der Waals surface area contributed by atoms with Gasteiger partial charge >= 0.3 is 6.18 Å². The molecule has 1 aromatic carbocycles. The summed E-state index contributed by atoms with van der Waals surface area (Å²) in [7, 11) is 0. The highest BCUT2D eigenvalue weighted by Gasteiger charge is 2.36. The Labute approximate surface area is 137 Å². The molecule has 0 saturated heterocycles. The summed E-state index contributed by atoms with van der Waals surface area (Å²) in [5.74, 6) is 0.241. The lowest BCUT2D eigenvalue weighted by Gasteiger charge is -2.13. The van der Waals surface area contributed by atoms with E-state index in [1.54, 1.807) is 31.2 Å². The number of hydrogen-bond acceptors (Lipinski definition) is 5. The van der Waals surface area contributed by atoms with Gasteiger partial charge in [-0.3, -0.25) is 0 Å². The topological polar surface area (TPSA) is 56.3 Å². The molecule has 8 heteroatoms. The van der Waals surface area contributed by atoms with Crippen molar-refractivity contribution in [2.24, 2.45) is 0 Å². The molecule has 1 heterocycles. The Morgan fingerprint density at radius 3 is 2.38 bits per heavy atom. The SMILES string of the molecule is CCCOc1ccc(Nc2ncc(C(F)(F)F)c(OCC)n2)cc1. The summed E-state index contributed by atoms with van der Waals surface area (Å²) in [6.45, 7) is 4.29. The molecule has 0 aliphatic rings. The average molecular weight is 341 g/mol. The molecule has 0 radical (unpaired) electrons. The molecule has 2 rings (SSSR count). The molecule has 0 amide bonds. The van der Waals surface area contributed by atoms with Gasteiger partial charge in [-0.05, 0) is 37.6 Å². The average Bonchev–Trinajstić information content (AvgIpc) is 2.54. The predicted octanol–water partition coefficient (Wildman–Crippen LogP) is 4.43. The Balaban J connectivity index is 2.16. The zero-order valence-electron chi connectivity index (χ0n) is 13.4. The molecular weight excluding hydrogens is 323 g/mol. The fourth-order valence-electron chi connectivity index (χ4n) is 1.85. The monoisotopic (exact) mass is 341 g/mol. The van der Waals surface area contributed by atoms with Crippen LogP contribution in [0, 0.1) is 0 Å². The van der Waals surface area contributed by atoms with E-state index in [1.165, 1.54) is 0 Å². The van der Waals surface area contributed by atoms with Crippen molar-refractivity contribution >= 4 is 11.6 Å². The first kappa shape index (κ1) is 17.8. The molecule has 130 valence electrons. The lowest BCUT2D eigenvalue weighted by molar-refractivity contribution is -0.139. The van der Waals surface area contributed by atoms with Gasteiger partial charge in [0.25, 0.3) is 0 Å². The molecule has 5 nitrogen and oxygen atoms in total. The van der Waals surface area contributed by atoms with E-state index < -0.39 is 17.6 Å². The van der Waals surface area contributed by atoms with Crippen molar-refractivity contribution in [1.82, 2.24) is 9.97 Å². The van der Waals surface area contributed by atoms with Crippen molar-refractivity contribution in [2.75, 3.05) is 18.5 Å². The van der Waals surface area contributed by atoms with Gasteiger partial charge in [-0.1, -0.05) is 6.92 Å². The van der Waals surface area contributed by atoms with Crippen LogP contribution < -0.4 is 14.8 Å². The lowest BCUT2D eigenvalue weighted by Crippen LogP contribution is -2.12. The first-order valence-electron chi connectivity index (χ1n) is 7.51. The van der Waals surface area contributed by atoms with Crippen LogP contribution in [-0.2, 0) is 6.18 Å². The molecule has 2 aromatic rings. The summed E-state index contributed by atoms with van der Waals surface area (Å²) in [5.41, 5.74) is -0.376. The molecule has 0 atom stereocenters. The lowest BCUT2D eigenvalue weighted by atomic mass is 10.3. The molecule has 0 spiro atoms. The van der Waals surface area contributed by atoms with E-state index in [1.807, 2.05) is 6.92 Å². The van der Waals surface area contributed by atoms with E-state index >= 15 is 0 Å². The minimum Gasteiger partial charge on any atom is -0.494 e. The summed E-state index contributed by atoms with van der Waals surface area (Å²) < 4.78 is 49.1. The van der Waals surface area contributed by atoms with Crippen LogP contribution in [0.25, 0.3) is 0 Å². The number of anilines is 2. The van der Waals surface area contributed by atoms with Gasteiger partial charge in [0.15, 0.2) is 0 Å². The quantitative estimate of drug-likeness (QED) is 0.807.